The summed E-state index contributed by atoms with van der Waals surface area (Å²) in [7, 11) is 0. The SMILES string of the molecule is CCCCCOc1ccc2c(=O)cc(C)oc2c1. The van der Waals surface area contributed by atoms with Crippen LogP contribution in [0.3, 0.4) is 0 Å². The second-order valence-corrected chi connectivity index (χ2v) is 4.43. The van der Waals surface area contributed by atoms with E-state index in [2.05, 4.69) is 6.92 Å². The first-order valence-corrected chi connectivity index (χ1v) is 6.38. The molecule has 0 fully saturated rings. The Bertz CT molecular complexity index is 584. The van der Waals surface area contributed by atoms with Gasteiger partial charge in [0.2, 0.25) is 0 Å². The third kappa shape index (κ3) is 2.92. The number of aryl methyl sites for hydroxylation is 1. The van der Waals surface area contributed by atoms with E-state index >= 15 is 0 Å². The van der Waals surface area contributed by atoms with Gasteiger partial charge in [-0.25, -0.2) is 0 Å². The lowest BCUT2D eigenvalue weighted by molar-refractivity contribution is 0.306. The van der Waals surface area contributed by atoms with Crippen LogP contribution in [0.4, 0.5) is 0 Å². The summed E-state index contributed by atoms with van der Waals surface area (Å²) in [6, 6.07) is 6.87. The topological polar surface area (TPSA) is 39.4 Å². The summed E-state index contributed by atoms with van der Waals surface area (Å²) in [5, 5.41) is 0.599. The van der Waals surface area contributed by atoms with Crippen LogP contribution in [0.25, 0.3) is 11.0 Å². The number of fused-ring (bicyclic) bond motifs is 1. The Morgan fingerprint density at radius 3 is 2.83 bits per heavy atom. The fraction of sp³-hybridized carbons (Fsp3) is 0.400. The van der Waals surface area contributed by atoms with Gasteiger partial charge < -0.3 is 9.15 Å². The molecule has 1 aromatic heterocycles. The number of hydrogen-bond acceptors (Lipinski definition) is 3. The maximum atomic E-state index is 11.7. The minimum absolute atomic E-state index is 0.00807. The van der Waals surface area contributed by atoms with Gasteiger partial charge in [-0.2, -0.15) is 0 Å². The van der Waals surface area contributed by atoms with E-state index in [9.17, 15) is 4.79 Å². The standard InChI is InChI=1S/C15H18O3/c1-3-4-5-8-17-12-6-7-13-14(16)9-11(2)18-15(13)10-12/h6-7,9-10H,3-5,8H2,1-2H3. The van der Waals surface area contributed by atoms with Crippen molar-refractivity contribution in [1.82, 2.24) is 0 Å². The quantitative estimate of drug-likeness (QED) is 0.756. The zero-order valence-corrected chi connectivity index (χ0v) is 10.9. The molecule has 0 aliphatic carbocycles. The van der Waals surface area contributed by atoms with Crippen molar-refractivity contribution in [2.45, 2.75) is 33.1 Å². The number of hydrogen-bond donors (Lipinski definition) is 0. The molecule has 0 radical (unpaired) electrons. The van der Waals surface area contributed by atoms with Crippen molar-refractivity contribution in [3.63, 3.8) is 0 Å². The van der Waals surface area contributed by atoms with Crippen LogP contribution in [0.1, 0.15) is 31.9 Å². The second-order valence-electron chi connectivity index (χ2n) is 4.43. The predicted octanol–water partition coefficient (Wildman–Crippen LogP) is 3.67. The highest BCUT2D eigenvalue weighted by Gasteiger charge is 2.04. The Kier molecular flexibility index (Phi) is 4.03. The number of benzene rings is 1. The molecule has 3 heteroatoms. The second kappa shape index (κ2) is 5.71. The third-order valence-electron chi connectivity index (χ3n) is 2.84. The van der Waals surface area contributed by atoms with Crippen molar-refractivity contribution in [3.05, 3.63) is 40.2 Å². The minimum Gasteiger partial charge on any atom is -0.493 e. The molecule has 0 amide bonds. The monoisotopic (exact) mass is 246 g/mol. The number of rotatable bonds is 5. The van der Waals surface area contributed by atoms with Crippen molar-refractivity contribution in [2.75, 3.05) is 6.61 Å². The molecule has 0 saturated heterocycles. The minimum atomic E-state index is -0.00807. The molecule has 1 heterocycles. The van der Waals surface area contributed by atoms with E-state index in [-0.39, 0.29) is 5.43 Å². The first kappa shape index (κ1) is 12.7. The highest BCUT2D eigenvalue weighted by molar-refractivity contribution is 5.77. The van der Waals surface area contributed by atoms with Crippen LogP contribution in [0.15, 0.2) is 33.5 Å². The summed E-state index contributed by atoms with van der Waals surface area (Å²) in [6.45, 7) is 4.64. The molecular weight excluding hydrogens is 228 g/mol. The van der Waals surface area contributed by atoms with E-state index < -0.39 is 0 Å². The van der Waals surface area contributed by atoms with Crippen molar-refractivity contribution in [1.29, 1.82) is 0 Å². The summed E-state index contributed by atoms with van der Waals surface area (Å²) in [4.78, 5) is 11.7. The van der Waals surface area contributed by atoms with Crippen LogP contribution in [-0.2, 0) is 0 Å². The smallest absolute Gasteiger partial charge is 0.192 e. The largest absolute Gasteiger partial charge is 0.493 e. The Balaban J connectivity index is 2.19. The highest BCUT2D eigenvalue weighted by atomic mass is 16.5. The first-order valence-electron chi connectivity index (χ1n) is 6.38. The molecule has 0 saturated carbocycles. The number of ether oxygens (including phenoxy) is 1. The average Bonchev–Trinajstić information content (AvgIpc) is 2.34. The molecule has 18 heavy (non-hydrogen) atoms. The van der Waals surface area contributed by atoms with E-state index in [0.717, 1.165) is 12.2 Å². The Labute approximate surface area is 106 Å². The van der Waals surface area contributed by atoms with Gasteiger partial charge in [-0.1, -0.05) is 19.8 Å². The van der Waals surface area contributed by atoms with Gasteiger partial charge >= 0.3 is 0 Å². The van der Waals surface area contributed by atoms with E-state index in [1.165, 1.54) is 18.9 Å². The predicted molar refractivity (Wildman–Crippen MR) is 72.2 cm³/mol. The fourth-order valence-corrected chi connectivity index (χ4v) is 1.89. The van der Waals surface area contributed by atoms with Crippen LogP contribution in [0, 0.1) is 6.92 Å². The van der Waals surface area contributed by atoms with Crippen LogP contribution in [0.5, 0.6) is 5.75 Å². The van der Waals surface area contributed by atoms with E-state index in [0.29, 0.717) is 23.3 Å². The van der Waals surface area contributed by atoms with Gasteiger partial charge in [0.05, 0.1) is 12.0 Å². The van der Waals surface area contributed by atoms with Crippen LogP contribution in [0.2, 0.25) is 0 Å². The molecule has 0 bridgehead atoms. The Morgan fingerprint density at radius 1 is 1.22 bits per heavy atom. The normalized spacial score (nSPS) is 10.8. The molecule has 0 atom stereocenters. The van der Waals surface area contributed by atoms with Crippen molar-refractivity contribution < 1.29 is 9.15 Å². The zero-order chi connectivity index (χ0) is 13.0. The summed E-state index contributed by atoms with van der Waals surface area (Å²) < 4.78 is 11.2. The molecule has 1 aromatic carbocycles. The molecule has 3 nitrogen and oxygen atoms in total. The van der Waals surface area contributed by atoms with E-state index in [4.69, 9.17) is 9.15 Å². The molecule has 0 N–H and O–H groups in total. The summed E-state index contributed by atoms with van der Waals surface area (Å²) in [5.41, 5.74) is 0.583. The summed E-state index contributed by atoms with van der Waals surface area (Å²) >= 11 is 0. The molecule has 0 aliphatic rings. The molecule has 0 aliphatic heterocycles. The average molecular weight is 246 g/mol. The van der Waals surface area contributed by atoms with Gasteiger partial charge in [-0.15, -0.1) is 0 Å². The highest BCUT2D eigenvalue weighted by Crippen LogP contribution is 2.19. The van der Waals surface area contributed by atoms with Crippen LogP contribution >= 0.6 is 0 Å². The Hall–Kier alpha value is -1.77. The van der Waals surface area contributed by atoms with Gasteiger partial charge in [0.1, 0.15) is 17.1 Å². The fourth-order valence-electron chi connectivity index (χ4n) is 1.89. The van der Waals surface area contributed by atoms with Gasteiger partial charge in [-0.05, 0) is 25.5 Å². The molecule has 2 rings (SSSR count). The van der Waals surface area contributed by atoms with Crippen molar-refractivity contribution >= 4 is 11.0 Å². The molecule has 0 unspecified atom stereocenters. The van der Waals surface area contributed by atoms with Gasteiger partial charge in [0.25, 0.3) is 0 Å². The van der Waals surface area contributed by atoms with Crippen molar-refractivity contribution in [3.8, 4) is 5.75 Å². The summed E-state index contributed by atoms with van der Waals surface area (Å²) in [6.07, 6.45) is 3.39. The van der Waals surface area contributed by atoms with Gasteiger partial charge in [0, 0.05) is 12.1 Å². The van der Waals surface area contributed by atoms with Gasteiger partial charge in [-0.3, -0.25) is 4.79 Å². The third-order valence-corrected chi connectivity index (χ3v) is 2.84. The molecule has 0 spiro atoms. The zero-order valence-electron chi connectivity index (χ0n) is 10.9. The first-order chi connectivity index (χ1) is 8.70. The molecular formula is C15H18O3. The van der Waals surface area contributed by atoms with Crippen molar-refractivity contribution in [2.24, 2.45) is 0 Å². The Morgan fingerprint density at radius 2 is 2.06 bits per heavy atom. The lowest BCUT2D eigenvalue weighted by atomic mass is 10.2. The van der Waals surface area contributed by atoms with E-state index in [1.54, 1.807) is 19.1 Å². The maximum Gasteiger partial charge on any atom is 0.192 e. The lowest BCUT2D eigenvalue weighted by Gasteiger charge is -2.06. The number of unbranched alkanes of at least 4 members (excludes halogenated alkanes) is 2. The van der Waals surface area contributed by atoms with Crippen LogP contribution < -0.4 is 10.2 Å². The van der Waals surface area contributed by atoms with Crippen LogP contribution in [-0.4, -0.2) is 6.61 Å². The summed E-state index contributed by atoms with van der Waals surface area (Å²) in [5.74, 6) is 1.38. The molecule has 2 aromatic rings. The molecule has 96 valence electrons. The maximum absolute atomic E-state index is 11.7. The van der Waals surface area contributed by atoms with E-state index in [1.807, 2.05) is 6.07 Å². The lowest BCUT2D eigenvalue weighted by Crippen LogP contribution is -2.01. The van der Waals surface area contributed by atoms with Gasteiger partial charge in [0.15, 0.2) is 5.43 Å².